The zero-order chi connectivity index (χ0) is 9.10. The van der Waals surface area contributed by atoms with Gasteiger partial charge in [0.05, 0.1) is 24.6 Å². The van der Waals surface area contributed by atoms with E-state index in [0.29, 0.717) is 18.0 Å². The molecule has 0 unspecified atom stereocenters. The average molecular weight is 193 g/mol. The molecule has 2 aromatic heterocycles. The summed E-state index contributed by atoms with van der Waals surface area (Å²) in [5.41, 5.74) is 2.96. The zero-order valence-corrected chi connectivity index (χ0v) is 7.51. The van der Waals surface area contributed by atoms with Crippen LogP contribution in [0.4, 0.5) is 0 Å². The molecule has 0 saturated heterocycles. The number of nitrogens with one attached hydrogen (secondary N) is 2. The molecule has 0 aliphatic heterocycles. The van der Waals surface area contributed by atoms with E-state index >= 15 is 0 Å². The lowest BCUT2D eigenvalue weighted by molar-refractivity contribution is 0.850. The van der Waals surface area contributed by atoms with Crippen molar-refractivity contribution in [2.45, 2.75) is 6.54 Å². The number of fused-ring (bicyclic) bond motifs is 1. The minimum Gasteiger partial charge on any atom is -0.375 e. The third-order valence-electron chi connectivity index (χ3n) is 1.57. The molecule has 5 nitrogen and oxygen atoms in total. The van der Waals surface area contributed by atoms with Gasteiger partial charge < -0.3 is 10.3 Å². The number of H-pyrrole nitrogens is 1. The Morgan fingerprint density at radius 2 is 2.46 bits per heavy atom. The summed E-state index contributed by atoms with van der Waals surface area (Å²) < 4.78 is 0. The molecule has 2 rings (SSSR count). The Bertz CT molecular complexity index is 423. The van der Waals surface area contributed by atoms with Crippen molar-refractivity contribution in [1.82, 2.24) is 25.3 Å². The Hall–Kier alpha value is -1.56. The monoisotopic (exact) mass is 193 g/mol. The van der Waals surface area contributed by atoms with Crippen molar-refractivity contribution < 1.29 is 0 Å². The summed E-state index contributed by atoms with van der Waals surface area (Å²) in [6.07, 6.45) is 3.30. The molecule has 0 aliphatic carbocycles. The van der Waals surface area contributed by atoms with Crippen LogP contribution in [0.1, 0.15) is 5.82 Å². The van der Waals surface area contributed by atoms with Crippen molar-refractivity contribution >= 4 is 28.9 Å². The number of aromatic nitrogens is 4. The third-order valence-corrected chi connectivity index (χ3v) is 1.74. The van der Waals surface area contributed by atoms with E-state index in [2.05, 4.69) is 37.5 Å². The number of rotatable bonds is 3. The van der Waals surface area contributed by atoms with Crippen molar-refractivity contribution in [2.24, 2.45) is 0 Å². The topological polar surface area (TPSA) is 66.5 Å². The van der Waals surface area contributed by atoms with Crippen molar-refractivity contribution in [3.05, 3.63) is 18.3 Å². The number of nitrogens with zero attached hydrogens (tertiary/aromatic N) is 3. The van der Waals surface area contributed by atoms with E-state index in [1.807, 2.05) is 0 Å². The van der Waals surface area contributed by atoms with Crippen LogP contribution in [-0.4, -0.2) is 25.4 Å². The molecule has 2 aromatic rings. The highest BCUT2D eigenvalue weighted by Gasteiger charge is 1.99. The number of imidazole rings is 1. The van der Waals surface area contributed by atoms with E-state index in [1.165, 1.54) is 5.49 Å². The third kappa shape index (κ3) is 1.62. The van der Waals surface area contributed by atoms with Crippen LogP contribution in [-0.2, 0) is 6.54 Å². The smallest absolute Gasteiger partial charge is 0.180 e. The maximum Gasteiger partial charge on any atom is 0.180 e. The van der Waals surface area contributed by atoms with Gasteiger partial charge >= 0.3 is 0 Å². The van der Waals surface area contributed by atoms with Gasteiger partial charge in [-0.25, -0.2) is 15.0 Å². The highest BCUT2D eigenvalue weighted by Crippen LogP contribution is 2.03. The first-order chi connectivity index (χ1) is 6.40. The Kier molecular flexibility index (Phi) is 2.13. The van der Waals surface area contributed by atoms with Gasteiger partial charge in [-0.05, 0) is 0 Å². The van der Waals surface area contributed by atoms with Gasteiger partial charge in [0.15, 0.2) is 5.65 Å². The lowest BCUT2D eigenvalue weighted by atomic mass is 10.5. The van der Waals surface area contributed by atoms with E-state index in [9.17, 15) is 0 Å². The second-order valence-corrected chi connectivity index (χ2v) is 2.66. The second-order valence-electron chi connectivity index (χ2n) is 2.42. The fourth-order valence-electron chi connectivity index (χ4n) is 0.989. The standard InChI is InChI=1S/C7H7N5S/c13-4-8-2-6-9-1-5-7(12-6)11-3-10-5/h1,3-4H,2H2,(H,8,13)(H,9,10,11,12). The second kappa shape index (κ2) is 3.44. The summed E-state index contributed by atoms with van der Waals surface area (Å²) in [4.78, 5) is 15.2. The predicted molar refractivity (Wildman–Crippen MR) is 52.2 cm³/mol. The van der Waals surface area contributed by atoms with Crippen LogP contribution in [0.15, 0.2) is 12.5 Å². The Balaban J connectivity index is 2.31. The molecule has 0 saturated carbocycles. The molecule has 0 amide bonds. The summed E-state index contributed by atoms with van der Waals surface area (Å²) in [6, 6.07) is 0. The number of thiocarbonyl (C=S) groups is 1. The SMILES string of the molecule is S=CNCc1ncc2[nH]cnc2n1. The maximum absolute atomic E-state index is 4.62. The Morgan fingerprint density at radius 3 is 3.31 bits per heavy atom. The zero-order valence-electron chi connectivity index (χ0n) is 6.69. The van der Waals surface area contributed by atoms with Crippen molar-refractivity contribution in [1.29, 1.82) is 0 Å². The van der Waals surface area contributed by atoms with Crippen molar-refractivity contribution in [3.63, 3.8) is 0 Å². The normalized spacial score (nSPS) is 10.2. The molecule has 0 bridgehead atoms. The first-order valence-electron chi connectivity index (χ1n) is 3.72. The molecule has 0 atom stereocenters. The first kappa shape index (κ1) is 8.06. The Labute approximate surface area is 79.6 Å². The quantitative estimate of drug-likeness (QED) is 0.691. The molecule has 0 aliphatic rings. The van der Waals surface area contributed by atoms with Crippen LogP contribution < -0.4 is 5.32 Å². The molecular weight excluding hydrogens is 186 g/mol. The molecule has 2 heterocycles. The molecule has 6 heteroatoms. The van der Waals surface area contributed by atoms with Crippen molar-refractivity contribution in [3.8, 4) is 0 Å². The molecule has 13 heavy (non-hydrogen) atoms. The summed E-state index contributed by atoms with van der Waals surface area (Å²) in [6.45, 7) is 0.534. The molecule has 66 valence electrons. The number of aromatic amines is 1. The van der Waals surface area contributed by atoms with Crippen LogP contribution in [0.3, 0.4) is 0 Å². The van der Waals surface area contributed by atoms with Crippen LogP contribution in [0.25, 0.3) is 11.2 Å². The molecule has 0 fully saturated rings. The lowest BCUT2D eigenvalue weighted by Crippen LogP contribution is -2.11. The van der Waals surface area contributed by atoms with Crippen LogP contribution in [0, 0.1) is 0 Å². The molecule has 0 aromatic carbocycles. The van der Waals surface area contributed by atoms with Gasteiger partial charge in [0.25, 0.3) is 0 Å². The van der Waals surface area contributed by atoms with Crippen molar-refractivity contribution in [2.75, 3.05) is 0 Å². The van der Waals surface area contributed by atoms with Gasteiger partial charge in [-0.3, -0.25) is 0 Å². The van der Waals surface area contributed by atoms with E-state index in [1.54, 1.807) is 12.5 Å². The van der Waals surface area contributed by atoms with Gasteiger partial charge in [0.1, 0.15) is 11.3 Å². The van der Waals surface area contributed by atoms with Gasteiger partial charge in [0.2, 0.25) is 0 Å². The fraction of sp³-hybridized carbons (Fsp3) is 0.143. The fourth-order valence-corrected chi connectivity index (χ4v) is 1.07. The molecular formula is C7H7N5S. The van der Waals surface area contributed by atoms with Gasteiger partial charge in [0, 0.05) is 0 Å². The van der Waals surface area contributed by atoms with E-state index in [0.717, 1.165) is 5.52 Å². The van der Waals surface area contributed by atoms with Crippen LogP contribution in [0.2, 0.25) is 0 Å². The molecule has 2 N–H and O–H groups in total. The molecule has 0 radical (unpaired) electrons. The predicted octanol–water partition coefficient (Wildman–Crippen LogP) is 0.400. The minimum absolute atomic E-state index is 0.534. The van der Waals surface area contributed by atoms with Gasteiger partial charge in [-0.2, -0.15) is 0 Å². The summed E-state index contributed by atoms with van der Waals surface area (Å²) >= 11 is 4.62. The first-order valence-corrected chi connectivity index (χ1v) is 4.19. The number of hydrogen-bond donors (Lipinski definition) is 2. The van der Waals surface area contributed by atoms with Gasteiger partial charge in [-0.1, -0.05) is 12.2 Å². The molecule has 0 spiro atoms. The largest absolute Gasteiger partial charge is 0.375 e. The van der Waals surface area contributed by atoms with Crippen LogP contribution in [0.5, 0.6) is 0 Å². The maximum atomic E-state index is 4.62. The average Bonchev–Trinajstić information content (AvgIpc) is 2.61. The number of hydrogen-bond acceptors (Lipinski definition) is 4. The Morgan fingerprint density at radius 1 is 1.54 bits per heavy atom. The highest BCUT2D eigenvalue weighted by atomic mass is 32.1. The highest BCUT2D eigenvalue weighted by molar-refractivity contribution is 7.78. The summed E-state index contributed by atoms with van der Waals surface area (Å²) in [5.74, 6) is 0.681. The van der Waals surface area contributed by atoms with Gasteiger partial charge in [-0.15, -0.1) is 0 Å². The van der Waals surface area contributed by atoms with E-state index in [-0.39, 0.29) is 0 Å². The van der Waals surface area contributed by atoms with E-state index in [4.69, 9.17) is 0 Å². The van der Waals surface area contributed by atoms with Crippen LogP contribution >= 0.6 is 12.2 Å². The van der Waals surface area contributed by atoms with E-state index < -0.39 is 0 Å². The minimum atomic E-state index is 0.534. The summed E-state index contributed by atoms with van der Waals surface area (Å²) in [7, 11) is 0. The lowest BCUT2D eigenvalue weighted by Gasteiger charge is -1.97. The summed E-state index contributed by atoms with van der Waals surface area (Å²) in [5, 5.41) is 2.85.